The summed E-state index contributed by atoms with van der Waals surface area (Å²) >= 11 is 3.59. The Morgan fingerprint density at radius 3 is 2.58 bits per heavy atom. The topological polar surface area (TPSA) is 29.1 Å². The Kier molecular flexibility index (Phi) is 4.91. The van der Waals surface area contributed by atoms with Crippen LogP contribution in [0.15, 0.2) is 18.2 Å². The van der Waals surface area contributed by atoms with Gasteiger partial charge in [-0.1, -0.05) is 22.4 Å². The van der Waals surface area contributed by atoms with Crippen LogP contribution in [0.2, 0.25) is 0 Å². The fourth-order valence-corrected chi connectivity index (χ4v) is 3.29. The van der Waals surface area contributed by atoms with Gasteiger partial charge in [-0.2, -0.15) is 0 Å². The van der Waals surface area contributed by atoms with Crippen molar-refractivity contribution in [1.29, 1.82) is 0 Å². The van der Waals surface area contributed by atoms with Crippen molar-refractivity contribution in [1.82, 2.24) is 5.32 Å². The molecule has 1 aliphatic carbocycles. The molecule has 1 amide bonds. The van der Waals surface area contributed by atoms with Gasteiger partial charge in [0, 0.05) is 23.0 Å². The quantitative estimate of drug-likeness (QED) is 0.841. The summed E-state index contributed by atoms with van der Waals surface area (Å²) in [7, 11) is 0. The summed E-state index contributed by atoms with van der Waals surface area (Å²) in [6.07, 6.45) is 4.42. The van der Waals surface area contributed by atoms with Gasteiger partial charge < -0.3 is 5.32 Å². The molecule has 0 heterocycles. The van der Waals surface area contributed by atoms with Crippen LogP contribution in [0.4, 0.5) is 8.78 Å². The molecule has 0 saturated heterocycles. The van der Waals surface area contributed by atoms with Gasteiger partial charge in [-0.3, -0.25) is 4.79 Å². The normalized spacial score (nSPS) is 23.1. The lowest BCUT2D eigenvalue weighted by molar-refractivity contribution is 0.0943. The van der Waals surface area contributed by atoms with E-state index in [1.54, 1.807) is 0 Å². The summed E-state index contributed by atoms with van der Waals surface area (Å²) in [6, 6.07) is 2.85. The molecule has 0 aliphatic heterocycles. The van der Waals surface area contributed by atoms with Crippen molar-refractivity contribution in [2.24, 2.45) is 5.92 Å². The molecule has 0 spiro atoms. The molecule has 1 aromatic carbocycles. The highest BCUT2D eigenvalue weighted by Crippen LogP contribution is 2.28. The first-order chi connectivity index (χ1) is 9.04. The molecule has 0 aromatic heterocycles. The Bertz CT molecular complexity index is 447. The van der Waals surface area contributed by atoms with Crippen LogP contribution in [0, 0.1) is 17.6 Å². The largest absolute Gasteiger partial charge is 0.352 e. The van der Waals surface area contributed by atoms with Gasteiger partial charge in [0.05, 0.1) is 0 Å². The monoisotopic (exact) mass is 331 g/mol. The van der Waals surface area contributed by atoms with Gasteiger partial charge in [-0.25, -0.2) is 8.78 Å². The summed E-state index contributed by atoms with van der Waals surface area (Å²) < 4.78 is 26.0. The number of hydrogen-bond acceptors (Lipinski definition) is 1. The van der Waals surface area contributed by atoms with Crippen LogP contribution in [-0.4, -0.2) is 17.3 Å². The number of benzene rings is 1. The zero-order chi connectivity index (χ0) is 13.8. The second-order valence-electron chi connectivity index (χ2n) is 5.00. The SMILES string of the molecule is O=C(NCC1CCCC(Br)C1)c1cc(F)cc(F)c1. The molecule has 2 unspecified atom stereocenters. The van der Waals surface area contributed by atoms with E-state index >= 15 is 0 Å². The third-order valence-electron chi connectivity index (χ3n) is 3.39. The number of nitrogens with one attached hydrogen (secondary N) is 1. The van der Waals surface area contributed by atoms with E-state index in [4.69, 9.17) is 0 Å². The van der Waals surface area contributed by atoms with Crippen molar-refractivity contribution >= 4 is 21.8 Å². The van der Waals surface area contributed by atoms with E-state index in [0.717, 1.165) is 37.5 Å². The Labute approximate surface area is 119 Å². The minimum absolute atomic E-state index is 0.0312. The lowest BCUT2D eigenvalue weighted by Gasteiger charge is -2.25. The first-order valence-corrected chi connectivity index (χ1v) is 7.34. The van der Waals surface area contributed by atoms with E-state index in [1.807, 2.05) is 0 Å². The molecule has 0 radical (unpaired) electrons. The third-order valence-corrected chi connectivity index (χ3v) is 4.23. The van der Waals surface area contributed by atoms with E-state index in [-0.39, 0.29) is 5.56 Å². The highest BCUT2D eigenvalue weighted by molar-refractivity contribution is 9.09. The number of carbonyl (C=O) groups excluding carboxylic acids is 1. The Morgan fingerprint density at radius 1 is 1.26 bits per heavy atom. The molecule has 2 atom stereocenters. The standard InChI is InChI=1S/C14H16BrF2NO/c15-11-3-1-2-9(4-11)8-18-14(19)10-5-12(16)7-13(17)6-10/h5-7,9,11H,1-4,8H2,(H,18,19). The molecule has 1 N–H and O–H groups in total. The summed E-state index contributed by atoms with van der Waals surface area (Å²) in [5.74, 6) is -1.46. The van der Waals surface area contributed by atoms with Gasteiger partial charge in [0.2, 0.25) is 0 Å². The van der Waals surface area contributed by atoms with E-state index in [0.29, 0.717) is 17.3 Å². The first-order valence-electron chi connectivity index (χ1n) is 6.43. The minimum atomic E-state index is -0.733. The van der Waals surface area contributed by atoms with E-state index in [2.05, 4.69) is 21.2 Å². The number of hydrogen-bond donors (Lipinski definition) is 1. The van der Waals surface area contributed by atoms with Crippen LogP contribution < -0.4 is 5.32 Å². The molecule has 0 bridgehead atoms. The zero-order valence-electron chi connectivity index (χ0n) is 10.5. The van der Waals surface area contributed by atoms with Crippen LogP contribution in [-0.2, 0) is 0 Å². The Hall–Kier alpha value is -0.970. The highest BCUT2D eigenvalue weighted by atomic mass is 79.9. The lowest BCUT2D eigenvalue weighted by Crippen LogP contribution is -2.32. The van der Waals surface area contributed by atoms with Crippen molar-refractivity contribution < 1.29 is 13.6 Å². The predicted molar refractivity (Wildman–Crippen MR) is 73.4 cm³/mol. The van der Waals surface area contributed by atoms with Crippen molar-refractivity contribution in [3.63, 3.8) is 0 Å². The molecule has 19 heavy (non-hydrogen) atoms. The molecule has 1 saturated carbocycles. The number of alkyl halides is 1. The van der Waals surface area contributed by atoms with Gasteiger partial charge in [-0.15, -0.1) is 0 Å². The maximum Gasteiger partial charge on any atom is 0.251 e. The summed E-state index contributed by atoms with van der Waals surface area (Å²) in [5.41, 5.74) is 0.0312. The molecule has 2 nitrogen and oxygen atoms in total. The predicted octanol–water partition coefficient (Wildman–Crippen LogP) is 3.65. The second-order valence-corrected chi connectivity index (χ2v) is 6.29. The second kappa shape index (κ2) is 6.46. The molecular weight excluding hydrogens is 316 g/mol. The Balaban J connectivity index is 1.90. The van der Waals surface area contributed by atoms with Gasteiger partial charge in [0.1, 0.15) is 11.6 Å². The van der Waals surface area contributed by atoms with Crippen LogP contribution in [0.3, 0.4) is 0 Å². The molecule has 1 fully saturated rings. The van der Waals surface area contributed by atoms with Crippen LogP contribution in [0.25, 0.3) is 0 Å². The number of carbonyl (C=O) groups is 1. The van der Waals surface area contributed by atoms with Gasteiger partial charge in [0.15, 0.2) is 0 Å². The summed E-state index contributed by atoms with van der Waals surface area (Å²) in [6.45, 7) is 0.555. The van der Waals surface area contributed by atoms with Gasteiger partial charge in [0.25, 0.3) is 5.91 Å². The number of rotatable bonds is 3. The zero-order valence-corrected chi connectivity index (χ0v) is 12.1. The van der Waals surface area contributed by atoms with Crippen molar-refractivity contribution in [3.8, 4) is 0 Å². The lowest BCUT2D eigenvalue weighted by atomic mass is 9.89. The summed E-state index contributed by atoms with van der Waals surface area (Å²) in [4.78, 5) is 12.3. The fourth-order valence-electron chi connectivity index (χ4n) is 2.43. The van der Waals surface area contributed by atoms with E-state index in [1.165, 1.54) is 6.42 Å². The average Bonchev–Trinajstić information content (AvgIpc) is 2.35. The van der Waals surface area contributed by atoms with Crippen LogP contribution in [0.1, 0.15) is 36.0 Å². The molecule has 5 heteroatoms. The van der Waals surface area contributed by atoms with Crippen LogP contribution >= 0.6 is 15.9 Å². The van der Waals surface area contributed by atoms with E-state index in [9.17, 15) is 13.6 Å². The third kappa shape index (κ3) is 4.27. The number of halogens is 3. The average molecular weight is 332 g/mol. The molecular formula is C14H16BrF2NO. The maximum absolute atomic E-state index is 13.0. The molecule has 104 valence electrons. The smallest absolute Gasteiger partial charge is 0.251 e. The minimum Gasteiger partial charge on any atom is -0.352 e. The molecule has 2 rings (SSSR count). The maximum atomic E-state index is 13.0. The van der Waals surface area contributed by atoms with Crippen LogP contribution in [0.5, 0.6) is 0 Å². The number of amides is 1. The molecule has 1 aromatic rings. The fraction of sp³-hybridized carbons (Fsp3) is 0.500. The van der Waals surface area contributed by atoms with Gasteiger partial charge in [-0.05, 0) is 37.3 Å². The molecule has 1 aliphatic rings. The van der Waals surface area contributed by atoms with Crippen molar-refractivity contribution in [3.05, 3.63) is 35.4 Å². The summed E-state index contributed by atoms with van der Waals surface area (Å²) in [5, 5.41) is 2.75. The van der Waals surface area contributed by atoms with Crippen molar-refractivity contribution in [2.75, 3.05) is 6.54 Å². The Morgan fingerprint density at radius 2 is 1.95 bits per heavy atom. The first kappa shape index (κ1) is 14.4. The van der Waals surface area contributed by atoms with Gasteiger partial charge >= 0.3 is 0 Å². The van der Waals surface area contributed by atoms with E-state index < -0.39 is 17.5 Å². The highest BCUT2D eigenvalue weighted by Gasteiger charge is 2.20. The van der Waals surface area contributed by atoms with Crippen molar-refractivity contribution in [2.45, 2.75) is 30.5 Å².